The fourth-order valence-electron chi connectivity index (χ4n) is 1.78. The molecule has 0 saturated heterocycles. The number of nitrogens with zero attached hydrogens (tertiary/aromatic N) is 2. The normalized spacial score (nSPS) is 10.9. The molecule has 0 aliphatic rings. The van der Waals surface area contributed by atoms with E-state index < -0.39 is 0 Å². The lowest BCUT2D eigenvalue weighted by Gasteiger charge is -2.09. The van der Waals surface area contributed by atoms with Crippen molar-refractivity contribution in [2.45, 2.75) is 6.61 Å². The van der Waals surface area contributed by atoms with Crippen LogP contribution in [-0.2, 0) is 6.61 Å². The molecular weight excluding hydrogens is 408 g/mol. The molecule has 0 amide bonds. The zero-order valence-corrected chi connectivity index (χ0v) is 14.0. The lowest BCUT2D eigenvalue weighted by Crippen LogP contribution is -1.98. The third-order valence-electron chi connectivity index (χ3n) is 2.66. The van der Waals surface area contributed by atoms with Gasteiger partial charge in [-0.2, -0.15) is 0 Å². The Bertz CT molecular complexity index is 730. The second kappa shape index (κ2) is 5.67. The predicted molar refractivity (Wildman–Crippen MR) is 84.6 cm³/mol. The number of halogens is 2. The summed E-state index contributed by atoms with van der Waals surface area (Å²) in [6.45, 7) is 0.367. The maximum Gasteiger partial charge on any atom is 0.193 e. The number of rotatable bonds is 4. The van der Waals surface area contributed by atoms with Gasteiger partial charge >= 0.3 is 0 Å². The van der Waals surface area contributed by atoms with Crippen molar-refractivity contribution >= 4 is 54.4 Å². The summed E-state index contributed by atoms with van der Waals surface area (Å²) in [7, 11) is 0. The van der Waals surface area contributed by atoms with Crippen molar-refractivity contribution in [3.8, 4) is 5.75 Å². The number of imidazole rings is 1. The first kappa shape index (κ1) is 13.8. The second-order valence-corrected chi connectivity index (χ2v) is 6.63. The molecule has 20 heavy (non-hydrogen) atoms. The minimum Gasteiger partial charge on any atom is -0.485 e. The highest BCUT2D eigenvalue weighted by atomic mass is 79.9. The molecule has 0 aliphatic heterocycles. The first-order valence-electron chi connectivity index (χ1n) is 5.65. The minimum absolute atomic E-state index is 0.367. The summed E-state index contributed by atoms with van der Waals surface area (Å²) in [6, 6.07) is 3.44. The molecule has 1 aromatic carbocycles. The van der Waals surface area contributed by atoms with Crippen LogP contribution in [0.1, 0.15) is 16.1 Å². The fraction of sp³-hybridized carbons (Fsp3) is 0.0769. The summed E-state index contributed by atoms with van der Waals surface area (Å²) >= 11 is 8.38. The average molecular weight is 416 g/mol. The van der Waals surface area contributed by atoms with Gasteiger partial charge in [-0.25, -0.2) is 4.98 Å². The molecule has 2 aromatic heterocycles. The van der Waals surface area contributed by atoms with Crippen LogP contribution in [0.4, 0.5) is 0 Å². The number of carbonyl (C=O) groups excluding carboxylic acids is 1. The Morgan fingerprint density at radius 1 is 1.35 bits per heavy atom. The second-order valence-electron chi connectivity index (χ2n) is 4.05. The number of carbonyl (C=O) groups is 1. The number of aldehydes is 1. The van der Waals surface area contributed by atoms with Gasteiger partial charge in [0.15, 0.2) is 4.96 Å². The number of ether oxygens (including phenoxy) is 1. The van der Waals surface area contributed by atoms with Gasteiger partial charge in [-0.1, -0.05) is 0 Å². The molecule has 0 fully saturated rings. The van der Waals surface area contributed by atoms with Gasteiger partial charge < -0.3 is 4.74 Å². The lowest BCUT2D eigenvalue weighted by molar-refractivity contribution is 0.112. The van der Waals surface area contributed by atoms with E-state index in [0.29, 0.717) is 17.9 Å². The number of hydrogen-bond acceptors (Lipinski definition) is 4. The Labute approximate surface area is 135 Å². The molecule has 7 heteroatoms. The predicted octanol–water partition coefficient (Wildman–Crippen LogP) is 4.31. The minimum atomic E-state index is 0.367. The first-order valence-corrected chi connectivity index (χ1v) is 8.12. The van der Waals surface area contributed by atoms with Gasteiger partial charge in [0.2, 0.25) is 0 Å². The quantitative estimate of drug-likeness (QED) is 0.596. The standard InChI is InChI=1S/C13H8Br2N2O2S/c14-10-3-8(6-18)4-11(15)12(10)19-7-9-5-17-1-2-20-13(17)16-9/h1-6H,7H2. The molecule has 2 heterocycles. The Balaban J connectivity index is 1.81. The zero-order chi connectivity index (χ0) is 14.1. The topological polar surface area (TPSA) is 43.6 Å². The van der Waals surface area contributed by atoms with Crippen LogP contribution in [-0.4, -0.2) is 15.7 Å². The molecule has 0 radical (unpaired) electrons. The summed E-state index contributed by atoms with van der Waals surface area (Å²) < 4.78 is 9.20. The molecule has 0 unspecified atom stereocenters. The molecule has 0 N–H and O–H groups in total. The van der Waals surface area contributed by atoms with E-state index in [2.05, 4.69) is 36.8 Å². The van der Waals surface area contributed by atoms with Crippen molar-refractivity contribution in [3.63, 3.8) is 0 Å². The third kappa shape index (κ3) is 2.65. The Morgan fingerprint density at radius 3 is 2.75 bits per heavy atom. The van der Waals surface area contributed by atoms with Gasteiger partial charge in [-0.05, 0) is 44.0 Å². The zero-order valence-electron chi connectivity index (χ0n) is 10.0. The van der Waals surface area contributed by atoms with Crippen molar-refractivity contribution in [3.05, 3.63) is 50.1 Å². The van der Waals surface area contributed by atoms with Gasteiger partial charge in [0, 0.05) is 23.3 Å². The van der Waals surface area contributed by atoms with E-state index in [1.54, 1.807) is 23.5 Å². The molecule has 0 aliphatic carbocycles. The van der Waals surface area contributed by atoms with Crippen molar-refractivity contribution < 1.29 is 9.53 Å². The highest BCUT2D eigenvalue weighted by molar-refractivity contribution is 9.11. The lowest BCUT2D eigenvalue weighted by atomic mass is 10.2. The van der Waals surface area contributed by atoms with Crippen LogP contribution in [0.15, 0.2) is 38.9 Å². The molecule has 4 nitrogen and oxygen atoms in total. The summed E-state index contributed by atoms with van der Waals surface area (Å²) in [5, 5.41) is 1.98. The Morgan fingerprint density at radius 2 is 2.10 bits per heavy atom. The van der Waals surface area contributed by atoms with Gasteiger partial charge in [-0.3, -0.25) is 9.20 Å². The van der Waals surface area contributed by atoms with E-state index in [1.807, 2.05) is 22.2 Å². The van der Waals surface area contributed by atoms with Crippen LogP contribution in [0.25, 0.3) is 4.96 Å². The SMILES string of the molecule is O=Cc1cc(Br)c(OCc2cn3ccsc3n2)c(Br)c1. The van der Waals surface area contributed by atoms with E-state index in [9.17, 15) is 4.79 Å². The summed E-state index contributed by atoms with van der Waals surface area (Å²) in [6.07, 6.45) is 4.69. The van der Waals surface area contributed by atoms with Crippen molar-refractivity contribution in [2.24, 2.45) is 0 Å². The Kier molecular flexibility index (Phi) is 3.91. The average Bonchev–Trinajstić information content (AvgIpc) is 2.98. The largest absolute Gasteiger partial charge is 0.485 e. The summed E-state index contributed by atoms with van der Waals surface area (Å²) in [4.78, 5) is 16.2. The molecule has 102 valence electrons. The Hall–Kier alpha value is -1.18. The van der Waals surface area contributed by atoms with Crippen molar-refractivity contribution in [1.82, 2.24) is 9.38 Å². The molecule has 0 bridgehead atoms. The fourth-order valence-corrected chi connectivity index (χ4v) is 3.95. The van der Waals surface area contributed by atoms with E-state index in [-0.39, 0.29) is 0 Å². The first-order chi connectivity index (χ1) is 9.67. The van der Waals surface area contributed by atoms with Crippen LogP contribution < -0.4 is 4.74 Å². The molecule has 3 aromatic rings. The van der Waals surface area contributed by atoms with Gasteiger partial charge in [0.25, 0.3) is 0 Å². The van der Waals surface area contributed by atoms with Crippen molar-refractivity contribution in [1.29, 1.82) is 0 Å². The van der Waals surface area contributed by atoms with Gasteiger partial charge in [0.05, 0.1) is 14.6 Å². The molecule has 0 spiro atoms. The van der Waals surface area contributed by atoms with Crippen LogP contribution >= 0.6 is 43.2 Å². The van der Waals surface area contributed by atoms with Crippen LogP contribution in [0.3, 0.4) is 0 Å². The number of hydrogen-bond donors (Lipinski definition) is 0. The highest BCUT2D eigenvalue weighted by Crippen LogP contribution is 2.35. The number of thiazole rings is 1. The summed E-state index contributed by atoms with van der Waals surface area (Å²) in [5.74, 6) is 0.659. The summed E-state index contributed by atoms with van der Waals surface area (Å²) in [5.41, 5.74) is 1.44. The smallest absolute Gasteiger partial charge is 0.193 e. The maximum absolute atomic E-state index is 10.8. The number of fused-ring (bicyclic) bond motifs is 1. The number of benzene rings is 1. The van der Waals surface area contributed by atoms with Crippen LogP contribution in [0.2, 0.25) is 0 Å². The molecule has 0 saturated carbocycles. The van der Waals surface area contributed by atoms with Crippen molar-refractivity contribution in [2.75, 3.05) is 0 Å². The van der Waals surface area contributed by atoms with E-state index in [1.165, 1.54) is 0 Å². The van der Waals surface area contributed by atoms with Crippen LogP contribution in [0, 0.1) is 0 Å². The molecule has 3 rings (SSSR count). The van der Waals surface area contributed by atoms with Gasteiger partial charge in [0.1, 0.15) is 18.6 Å². The highest BCUT2D eigenvalue weighted by Gasteiger charge is 2.10. The number of aromatic nitrogens is 2. The molecule has 0 atom stereocenters. The van der Waals surface area contributed by atoms with Crippen LogP contribution in [0.5, 0.6) is 5.75 Å². The van der Waals surface area contributed by atoms with E-state index >= 15 is 0 Å². The third-order valence-corrected chi connectivity index (χ3v) is 4.61. The van der Waals surface area contributed by atoms with Gasteiger partial charge in [-0.15, -0.1) is 11.3 Å². The molecular formula is C13H8Br2N2O2S. The van der Waals surface area contributed by atoms with E-state index in [4.69, 9.17) is 4.74 Å². The maximum atomic E-state index is 10.8. The monoisotopic (exact) mass is 414 g/mol. The van der Waals surface area contributed by atoms with E-state index in [0.717, 1.165) is 25.9 Å².